The maximum absolute atomic E-state index is 14.6. The molecular weight excluding hydrogens is 657 g/mol. The van der Waals surface area contributed by atoms with Crippen LogP contribution in [0.5, 0.6) is 5.75 Å². The van der Waals surface area contributed by atoms with Crippen LogP contribution in [-0.4, -0.2) is 71.9 Å². The zero-order chi connectivity index (χ0) is 33.8. The number of thiazole rings is 2. The van der Waals surface area contributed by atoms with Gasteiger partial charge in [0.2, 0.25) is 0 Å². The predicted molar refractivity (Wildman–Crippen MR) is 184 cm³/mol. The zero-order valence-electron chi connectivity index (χ0n) is 26.9. The number of benzene rings is 2. The van der Waals surface area contributed by atoms with E-state index in [1.54, 1.807) is 24.3 Å². The van der Waals surface area contributed by atoms with E-state index in [0.29, 0.717) is 63.6 Å². The first-order chi connectivity index (χ1) is 23.2. The van der Waals surface area contributed by atoms with Crippen molar-refractivity contribution >= 4 is 60.8 Å². The minimum atomic E-state index is -0.531. The molecule has 14 heteroatoms. The number of methoxy groups -OCH3 is 1. The minimum Gasteiger partial charge on any atom is -0.491 e. The van der Waals surface area contributed by atoms with Crippen molar-refractivity contribution in [1.29, 1.82) is 0 Å². The molecule has 0 aliphatic carbocycles. The number of aromatic nitrogens is 4. The molecule has 48 heavy (non-hydrogen) atoms. The van der Waals surface area contributed by atoms with Crippen molar-refractivity contribution in [1.82, 2.24) is 25.1 Å². The molecule has 2 aromatic carbocycles. The van der Waals surface area contributed by atoms with Gasteiger partial charge in [0.05, 0.1) is 30.5 Å². The fourth-order valence-corrected chi connectivity index (χ4v) is 7.23. The molecular formula is C34H33F2N7O3S2. The Morgan fingerprint density at radius 1 is 1.12 bits per heavy atom. The number of hydrogen-bond acceptors (Lipinski definition) is 12. The van der Waals surface area contributed by atoms with E-state index in [0.717, 1.165) is 28.8 Å². The van der Waals surface area contributed by atoms with Crippen LogP contribution in [0.1, 0.15) is 44.9 Å². The van der Waals surface area contributed by atoms with Gasteiger partial charge in [0.1, 0.15) is 5.82 Å². The number of nitrogens with one attached hydrogen (secondary N) is 1. The van der Waals surface area contributed by atoms with Gasteiger partial charge in [-0.1, -0.05) is 29.2 Å². The third kappa shape index (κ3) is 7.23. The van der Waals surface area contributed by atoms with E-state index < -0.39 is 11.8 Å². The molecule has 4 heterocycles. The number of rotatable bonds is 10. The quantitative estimate of drug-likeness (QED) is 0.0972. The van der Waals surface area contributed by atoms with Gasteiger partial charge in [0, 0.05) is 28.1 Å². The molecule has 3 aromatic heterocycles. The third-order valence-corrected chi connectivity index (χ3v) is 9.77. The summed E-state index contributed by atoms with van der Waals surface area (Å²) in [5.41, 5.74) is 3.31. The Labute approximate surface area is 284 Å². The first-order valence-corrected chi connectivity index (χ1v) is 16.9. The maximum atomic E-state index is 14.6. The molecule has 0 fully saturated rings. The van der Waals surface area contributed by atoms with Gasteiger partial charge < -0.3 is 19.7 Å². The lowest BCUT2D eigenvalue weighted by molar-refractivity contribution is 0.0593. The number of nitrogens with zero attached hydrogens (tertiary/aromatic N) is 6. The Morgan fingerprint density at radius 3 is 2.75 bits per heavy atom. The first kappa shape index (κ1) is 33.2. The van der Waals surface area contributed by atoms with Crippen molar-refractivity contribution < 1.29 is 23.0 Å². The highest BCUT2D eigenvalue weighted by atomic mass is 32.1. The van der Waals surface area contributed by atoms with E-state index in [1.165, 1.54) is 41.9 Å². The van der Waals surface area contributed by atoms with Crippen LogP contribution in [0.3, 0.4) is 0 Å². The molecule has 0 atom stereocenters. The van der Waals surface area contributed by atoms with Gasteiger partial charge in [-0.3, -0.25) is 4.90 Å². The smallest absolute Gasteiger partial charge is 0.357 e. The summed E-state index contributed by atoms with van der Waals surface area (Å²) in [5, 5.41) is 13.4. The van der Waals surface area contributed by atoms with E-state index >= 15 is 0 Å². The number of hydrogen-bond donors (Lipinski definition) is 1. The molecule has 0 saturated heterocycles. The lowest BCUT2D eigenvalue weighted by atomic mass is 10.0. The van der Waals surface area contributed by atoms with E-state index in [-0.39, 0.29) is 23.9 Å². The summed E-state index contributed by atoms with van der Waals surface area (Å²) in [6.07, 6.45) is 2.63. The minimum absolute atomic E-state index is 0.148. The first-order valence-electron chi connectivity index (χ1n) is 15.3. The molecule has 0 amide bonds. The maximum Gasteiger partial charge on any atom is 0.357 e. The summed E-state index contributed by atoms with van der Waals surface area (Å²) in [4.78, 5) is 26.5. The van der Waals surface area contributed by atoms with Crippen molar-refractivity contribution in [3.8, 4) is 17.6 Å². The highest BCUT2D eigenvalue weighted by Crippen LogP contribution is 2.39. The molecule has 1 aliphatic rings. The Morgan fingerprint density at radius 2 is 1.98 bits per heavy atom. The molecule has 6 rings (SSSR count). The van der Waals surface area contributed by atoms with Crippen LogP contribution in [-0.2, 0) is 17.6 Å². The summed E-state index contributed by atoms with van der Waals surface area (Å²) < 4.78 is 40.1. The molecule has 248 valence electrons. The van der Waals surface area contributed by atoms with Gasteiger partial charge >= 0.3 is 5.97 Å². The van der Waals surface area contributed by atoms with E-state index in [4.69, 9.17) is 9.47 Å². The normalized spacial score (nSPS) is 12.5. The van der Waals surface area contributed by atoms with Gasteiger partial charge in [-0.15, -0.1) is 21.5 Å². The topological polar surface area (TPSA) is 106 Å². The number of carbonyl (C=O) groups excluding carboxylic acids is 1. The lowest BCUT2D eigenvalue weighted by Gasteiger charge is -2.28. The molecule has 1 N–H and O–H groups in total. The van der Waals surface area contributed by atoms with Crippen molar-refractivity contribution in [3.63, 3.8) is 0 Å². The molecule has 0 bridgehead atoms. The van der Waals surface area contributed by atoms with Gasteiger partial charge in [0.15, 0.2) is 39.2 Å². The average Bonchev–Trinajstić information content (AvgIpc) is 3.69. The number of halogens is 2. The number of fused-ring (bicyclic) bond motifs is 2. The second-order valence-corrected chi connectivity index (χ2v) is 13.4. The second kappa shape index (κ2) is 14.6. The molecule has 10 nitrogen and oxygen atoms in total. The summed E-state index contributed by atoms with van der Waals surface area (Å²) in [6.45, 7) is 3.44. The number of esters is 1. The SMILES string of the molecule is COC(=O)c1nc(N2CCCc3c2nnc(Nc2nc4cccc(F)c4s2)c3C)sc1CCCOc1ccc(C#CCN(C)C)cc1F. The standard InChI is InChI=1S/C34H33F2N7O3S2/c1-20-22-10-7-17-43(31(22)41-40-30(20)39-33-37-25-12-5-11-23(35)29(25)48-33)34-38-28(32(44)45-4)27(47-34)13-8-18-46-26-15-14-21(19-24(26)36)9-6-16-42(2)3/h5,11-12,14-15,19H,7-8,10,13,16-18H2,1-4H3,(H,37,39,40). The predicted octanol–water partition coefficient (Wildman–Crippen LogP) is 6.67. The molecule has 1 aliphatic heterocycles. The van der Waals surface area contributed by atoms with E-state index in [1.807, 2.05) is 30.8 Å². The molecule has 0 saturated carbocycles. The highest BCUT2D eigenvalue weighted by molar-refractivity contribution is 7.22. The van der Waals surface area contributed by atoms with Gasteiger partial charge in [0.25, 0.3) is 0 Å². The molecule has 0 spiro atoms. The Bertz CT molecular complexity index is 2040. The lowest BCUT2D eigenvalue weighted by Crippen LogP contribution is -2.27. The van der Waals surface area contributed by atoms with Crippen molar-refractivity contribution in [2.45, 2.75) is 32.6 Å². The summed E-state index contributed by atoms with van der Waals surface area (Å²) in [6, 6.07) is 9.49. The van der Waals surface area contributed by atoms with Crippen molar-refractivity contribution in [2.24, 2.45) is 0 Å². The number of aryl methyl sites for hydroxylation is 1. The highest BCUT2D eigenvalue weighted by Gasteiger charge is 2.29. The fraction of sp³-hybridized carbons (Fsp3) is 0.324. The van der Waals surface area contributed by atoms with Crippen LogP contribution < -0.4 is 15.0 Å². The zero-order valence-corrected chi connectivity index (χ0v) is 28.5. The summed E-state index contributed by atoms with van der Waals surface area (Å²) in [5.74, 6) is 5.98. The Balaban J connectivity index is 1.16. The van der Waals surface area contributed by atoms with Gasteiger partial charge in [-0.2, -0.15) is 0 Å². The number of ether oxygens (including phenoxy) is 2. The Hall–Kier alpha value is -4.71. The van der Waals surface area contributed by atoms with Crippen LogP contribution in [0.15, 0.2) is 36.4 Å². The van der Waals surface area contributed by atoms with E-state index in [2.05, 4.69) is 37.3 Å². The summed E-state index contributed by atoms with van der Waals surface area (Å²) in [7, 11) is 5.16. The van der Waals surface area contributed by atoms with Gasteiger partial charge in [-0.25, -0.2) is 23.5 Å². The number of anilines is 4. The number of carbonyl (C=O) groups is 1. The van der Waals surface area contributed by atoms with Gasteiger partial charge in [-0.05, 0) is 77.0 Å². The van der Waals surface area contributed by atoms with Crippen molar-refractivity contribution in [3.05, 3.63) is 75.3 Å². The monoisotopic (exact) mass is 689 g/mol. The van der Waals surface area contributed by atoms with Crippen LogP contribution in [0.25, 0.3) is 10.2 Å². The molecule has 0 unspecified atom stereocenters. The molecule has 0 radical (unpaired) electrons. The average molecular weight is 690 g/mol. The van der Waals surface area contributed by atoms with Crippen LogP contribution in [0, 0.1) is 30.4 Å². The van der Waals surface area contributed by atoms with Crippen molar-refractivity contribution in [2.75, 3.05) is 51.1 Å². The van der Waals surface area contributed by atoms with Crippen LogP contribution in [0.2, 0.25) is 0 Å². The molecule has 5 aromatic rings. The fourth-order valence-electron chi connectivity index (χ4n) is 5.25. The second-order valence-electron chi connectivity index (χ2n) is 11.4. The van der Waals surface area contributed by atoms with E-state index in [9.17, 15) is 13.6 Å². The summed E-state index contributed by atoms with van der Waals surface area (Å²) >= 11 is 2.61. The Kier molecular flexibility index (Phi) is 10.1. The van der Waals surface area contributed by atoms with Crippen LogP contribution in [0.4, 0.5) is 30.7 Å². The third-order valence-electron chi connectivity index (χ3n) is 7.64. The van der Waals surface area contributed by atoms with Crippen LogP contribution >= 0.6 is 22.7 Å². The largest absolute Gasteiger partial charge is 0.491 e.